The molecule has 2 aromatic carbocycles. The monoisotopic (exact) mass is 370 g/mol. The molecule has 1 N–H and O–H groups in total. The zero-order valence-corrected chi connectivity index (χ0v) is 15.4. The van der Waals surface area contributed by atoms with Crippen LogP contribution in [0.2, 0.25) is 0 Å². The van der Waals surface area contributed by atoms with Crippen LogP contribution in [0.5, 0.6) is 0 Å². The van der Waals surface area contributed by atoms with Gasteiger partial charge in [-0.15, -0.1) is 10.2 Å². The predicted molar refractivity (Wildman–Crippen MR) is 102 cm³/mol. The molecule has 134 valence electrons. The minimum Gasteiger partial charge on any atom is -0.325 e. The van der Waals surface area contributed by atoms with Crippen molar-refractivity contribution in [2.75, 3.05) is 11.1 Å². The van der Waals surface area contributed by atoms with Gasteiger partial charge in [0.05, 0.1) is 5.75 Å². The maximum atomic E-state index is 12.9. The number of benzene rings is 2. The number of nitrogens with zero attached hydrogens (tertiary/aromatic N) is 3. The highest BCUT2D eigenvalue weighted by atomic mass is 32.2. The van der Waals surface area contributed by atoms with Crippen LogP contribution in [0.1, 0.15) is 12.5 Å². The number of amides is 1. The van der Waals surface area contributed by atoms with Gasteiger partial charge in [0.2, 0.25) is 5.91 Å². The third-order valence-electron chi connectivity index (χ3n) is 3.88. The highest BCUT2D eigenvalue weighted by Gasteiger charge is 2.15. The Bertz CT molecular complexity index is 908. The molecular formula is C19H19FN4OS. The van der Waals surface area contributed by atoms with E-state index >= 15 is 0 Å². The molecule has 0 saturated carbocycles. The molecule has 1 amide bonds. The third kappa shape index (κ3) is 4.11. The molecule has 1 aromatic heterocycles. The minimum absolute atomic E-state index is 0.176. The average Bonchev–Trinajstić information content (AvgIpc) is 3.05. The molecule has 3 rings (SSSR count). The summed E-state index contributed by atoms with van der Waals surface area (Å²) in [6.45, 7) is 4.76. The summed E-state index contributed by atoms with van der Waals surface area (Å²) >= 11 is 1.33. The van der Waals surface area contributed by atoms with E-state index in [1.807, 2.05) is 42.7 Å². The van der Waals surface area contributed by atoms with Gasteiger partial charge < -0.3 is 9.88 Å². The van der Waals surface area contributed by atoms with Crippen LogP contribution in [-0.2, 0) is 11.3 Å². The smallest absolute Gasteiger partial charge is 0.234 e. The number of carbonyl (C=O) groups is 1. The first-order valence-electron chi connectivity index (χ1n) is 8.26. The van der Waals surface area contributed by atoms with Gasteiger partial charge in [-0.1, -0.05) is 36.0 Å². The fraction of sp³-hybridized carbons (Fsp3) is 0.211. The van der Waals surface area contributed by atoms with E-state index < -0.39 is 0 Å². The zero-order valence-electron chi connectivity index (χ0n) is 14.6. The van der Waals surface area contributed by atoms with Crippen LogP contribution in [-0.4, -0.2) is 26.4 Å². The normalized spacial score (nSPS) is 10.7. The van der Waals surface area contributed by atoms with Gasteiger partial charge in [0, 0.05) is 17.8 Å². The first kappa shape index (κ1) is 18.1. The average molecular weight is 370 g/mol. The molecule has 0 bridgehead atoms. The number of hydrogen-bond acceptors (Lipinski definition) is 4. The lowest BCUT2D eigenvalue weighted by molar-refractivity contribution is -0.113. The number of halogens is 1. The summed E-state index contributed by atoms with van der Waals surface area (Å²) in [4.78, 5) is 12.1. The number of rotatable bonds is 6. The van der Waals surface area contributed by atoms with E-state index in [4.69, 9.17) is 0 Å². The number of aromatic nitrogens is 3. The highest BCUT2D eigenvalue weighted by Crippen LogP contribution is 2.26. The Morgan fingerprint density at radius 3 is 2.58 bits per heavy atom. The molecule has 0 atom stereocenters. The zero-order chi connectivity index (χ0) is 18.5. The molecule has 0 aliphatic carbocycles. The van der Waals surface area contributed by atoms with Crippen molar-refractivity contribution in [1.82, 2.24) is 14.8 Å². The fourth-order valence-electron chi connectivity index (χ4n) is 2.56. The van der Waals surface area contributed by atoms with Crippen molar-refractivity contribution < 1.29 is 9.18 Å². The minimum atomic E-state index is -0.336. The highest BCUT2D eigenvalue weighted by molar-refractivity contribution is 7.99. The topological polar surface area (TPSA) is 59.8 Å². The van der Waals surface area contributed by atoms with Gasteiger partial charge in [-0.3, -0.25) is 4.79 Å². The molecule has 5 nitrogen and oxygen atoms in total. The first-order valence-corrected chi connectivity index (χ1v) is 9.24. The van der Waals surface area contributed by atoms with Crippen molar-refractivity contribution in [2.45, 2.75) is 25.5 Å². The summed E-state index contributed by atoms with van der Waals surface area (Å²) in [5, 5.41) is 12.0. The summed E-state index contributed by atoms with van der Waals surface area (Å²) in [5.74, 6) is 0.484. The lowest BCUT2D eigenvalue weighted by Gasteiger charge is -2.09. The summed E-state index contributed by atoms with van der Waals surface area (Å²) in [7, 11) is 0. The van der Waals surface area contributed by atoms with Crippen LogP contribution in [0.15, 0.2) is 53.7 Å². The van der Waals surface area contributed by atoms with Crippen molar-refractivity contribution in [2.24, 2.45) is 0 Å². The van der Waals surface area contributed by atoms with Crippen LogP contribution in [0.4, 0.5) is 10.1 Å². The van der Waals surface area contributed by atoms with Gasteiger partial charge in [0.1, 0.15) is 5.82 Å². The van der Waals surface area contributed by atoms with Crippen LogP contribution in [0.3, 0.4) is 0 Å². The van der Waals surface area contributed by atoms with Gasteiger partial charge in [0.25, 0.3) is 0 Å². The summed E-state index contributed by atoms with van der Waals surface area (Å²) in [5.41, 5.74) is 2.72. The number of thioether (sulfide) groups is 1. The Morgan fingerprint density at radius 1 is 1.15 bits per heavy atom. The maximum absolute atomic E-state index is 12.9. The molecule has 0 radical (unpaired) electrons. The lowest BCUT2D eigenvalue weighted by Crippen LogP contribution is -2.14. The third-order valence-corrected chi connectivity index (χ3v) is 4.85. The van der Waals surface area contributed by atoms with Crippen molar-refractivity contribution in [3.8, 4) is 11.4 Å². The number of hydrogen-bond donors (Lipinski definition) is 1. The van der Waals surface area contributed by atoms with E-state index in [1.165, 1.54) is 36.0 Å². The van der Waals surface area contributed by atoms with Crippen LogP contribution in [0, 0.1) is 12.7 Å². The number of nitrogens with one attached hydrogen (secondary N) is 1. The number of aryl methyl sites for hydroxylation is 1. The van der Waals surface area contributed by atoms with Crippen LogP contribution < -0.4 is 5.32 Å². The lowest BCUT2D eigenvalue weighted by atomic mass is 10.1. The second-order valence-corrected chi connectivity index (χ2v) is 6.65. The van der Waals surface area contributed by atoms with E-state index in [2.05, 4.69) is 15.5 Å². The van der Waals surface area contributed by atoms with Crippen molar-refractivity contribution in [3.05, 3.63) is 59.9 Å². The second-order valence-electron chi connectivity index (χ2n) is 5.71. The van der Waals surface area contributed by atoms with Gasteiger partial charge in [-0.05, 0) is 43.7 Å². The van der Waals surface area contributed by atoms with E-state index in [1.54, 1.807) is 0 Å². The Balaban J connectivity index is 1.69. The predicted octanol–water partition coefficient (Wildman–Crippen LogP) is 4.14. The van der Waals surface area contributed by atoms with Gasteiger partial charge in [-0.25, -0.2) is 4.39 Å². The molecule has 26 heavy (non-hydrogen) atoms. The largest absolute Gasteiger partial charge is 0.325 e. The number of anilines is 1. The molecular weight excluding hydrogens is 351 g/mol. The SMILES string of the molecule is CCn1c(SCC(=O)Nc2ccc(F)cc2)nnc1-c1ccccc1C. The standard InChI is InChI=1S/C19H19FN4OS/c1-3-24-18(16-7-5-4-6-13(16)2)22-23-19(24)26-12-17(25)21-15-10-8-14(20)9-11-15/h4-11H,3,12H2,1-2H3,(H,21,25). The molecule has 0 saturated heterocycles. The Labute approximate surface area is 155 Å². The van der Waals surface area contributed by atoms with Crippen molar-refractivity contribution in [3.63, 3.8) is 0 Å². The first-order chi connectivity index (χ1) is 12.6. The van der Waals surface area contributed by atoms with Gasteiger partial charge in [0.15, 0.2) is 11.0 Å². The van der Waals surface area contributed by atoms with Crippen molar-refractivity contribution >= 4 is 23.4 Å². The summed E-state index contributed by atoms with van der Waals surface area (Å²) < 4.78 is 14.9. The van der Waals surface area contributed by atoms with E-state index in [-0.39, 0.29) is 17.5 Å². The molecule has 0 fully saturated rings. The molecule has 0 aliphatic heterocycles. The molecule has 3 aromatic rings. The fourth-order valence-corrected chi connectivity index (χ4v) is 3.37. The molecule has 7 heteroatoms. The van der Waals surface area contributed by atoms with E-state index in [0.717, 1.165) is 17.0 Å². The molecule has 1 heterocycles. The van der Waals surface area contributed by atoms with Crippen LogP contribution in [0.25, 0.3) is 11.4 Å². The summed E-state index contributed by atoms with van der Waals surface area (Å²) in [6.07, 6.45) is 0. The Morgan fingerprint density at radius 2 is 1.88 bits per heavy atom. The van der Waals surface area contributed by atoms with Crippen molar-refractivity contribution in [1.29, 1.82) is 0 Å². The second kappa shape index (κ2) is 8.14. The maximum Gasteiger partial charge on any atom is 0.234 e. The molecule has 0 unspecified atom stereocenters. The Kier molecular flexibility index (Phi) is 5.68. The van der Waals surface area contributed by atoms with E-state index in [0.29, 0.717) is 17.4 Å². The molecule has 0 spiro atoms. The quantitative estimate of drug-likeness (QED) is 0.663. The van der Waals surface area contributed by atoms with E-state index in [9.17, 15) is 9.18 Å². The van der Waals surface area contributed by atoms with Crippen LogP contribution >= 0.6 is 11.8 Å². The summed E-state index contributed by atoms with van der Waals surface area (Å²) in [6, 6.07) is 13.7. The van der Waals surface area contributed by atoms with Gasteiger partial charge in [-0.2, -0.15) is 0 Å². The Hall–Kier alpha value is -2.67. The van der Waals surface area contributed by atoms with Gasteiger partial charge >= 0.3 is 0 Å². The molecule has 0 aliphatic rings. The number of carbonyl (C=O) groups excluding carboxylic acids is 1.